The molecular weight excluding hydrogens is 284 g/mol. The summed E-state index contributed by atoms with van der Waals surface area (Å²) in [6, 6.07) is 0. The first-order valence-electron chi connectivity index (χ1n) is 8.01. The largest absolute Gasteiger partial charge is 0.382 e. The Morgan fingerprint density at radius 3 is 2.50 bits per heavy atom. The van der Waals surface area contributed by atoms with Crippen molar-refractivity contribution < 1.29 is 19.1 Å². The van der Waals surface area contributed by atoms with Crippen molar-refractivity contribution in [2.75, 3.05) is 26.3 Å². The lowest BCUT2D eigenvalue weighted by Crippen LogP contribution is -2.42. The van der Waals surface area contributed by atoms with Crippen LogP contribution in [0.5, 0.6) is 0 Å². The third-order valence-electron chi connectivity index (χ3n) is 4.86. The Hall–Kier alpha value is -1.69. The van der Waals surface area contributed by atoms with Gasteiger partial charge in [0.1, 0.15) is 6.54 Å². The molecule has 1 saturated heterocycles. The quantitative estimate of drug-likeness (QED) is 0.418. The van der Waals surface area contributed by atoms with E-state index in [1.165, 1.54) is 0 Å². The fraction of sp³-hybridized carbons (Fsp3) is 0.688. The van der Waals surface area contributed by atoms with E-state index in [1.54, 1.807) is 0 Å². The van der Waals surface area contributed by atoms with E-state index in [2.05, 4.69) is 5.32 Å². The van der Waals surface area contributed by atoms with Crippen molar-refractivity contribution in [2.45, 2.75) is 19.8 Å². The molecule has 3 amide bonds. The zero-order chi connectivity index (χ0) is 15.7. The number of rotatable bonds is 7. The van der Waals surface area contributed by atoms with E-state index in [1.807, 2.05) is 19.1 Å². The number of imide groups is 1. The smallest absolute Gasteiger partial charge is 0.240 e. The Labute approximate surface area is 129 Å². The zero-order valence-electron chi connectivity index (χ0n) is 12.8. The molecule has 2 bridgehead atoms. The Bertz CT molecular complexity index is 486. The van der Waals surface area contributed by atoms with Crippen molar-refractivity contribution in [3.05, 3.63) is 12.2 Å². The molecule has 120 valence electrons. The van der Waals surface area contributed by atoms with Crippen LogP contribution in [0.25, 0.3) is 0 Å². The van der Waals surface area contributed by atoms with Gasteiger partial charge < -0.3 is 10.1 Å². The number of fused-ring (bicyclic) bond motifs is 5. The summed E-state index contributed by atoms with van der Waals surface area (Å²) >= 11 is 0. The Morgan fingerprint density at radius 1 is 1.27 bits per heavy atom. The number of nitrogens with one attached hydrogen (secondary N) is 1. The van der Waals surface area contributed by atoms with E-state index in [4.69, 9.17) is 4.74 Å². The van der Waals surface area contributed by atoms with Crippen LogP contribution in [0.2, 0.25) is 0 Å². The third kappa shape index (κ3) is 2.56. The van der Waals surface area contributed by atoms with Crippen LogP contribution in [0.1, 0.15) is 19.8 Å². The summed E-state index contributed by atoms with van der Waals surface area (Å²) < 4.78 is 5.19. The van der Waals surface area contributed by atoms with Gasteiger partial charge in [-0.2, -0.15) is 0 Å². The average Bonchev–Trinajstić information content (AvgIpc) is 3.17. The predicted octanol–water partition coefficient (Wildman–Crippen LogP) is 0.336. The summed E-state index contributed by atoms with van der Waals surface area (Å²) in [6.45, 7) is 3.51. The van der Waals surface area contributed by atoms with Gasteiger partial charge in [0.15, 0.2) is 0 Å². The van der Waals surface area contributed by atoms with Crippen LogP contribution in [0, 0.1) is 23.7 Å². The topological polar surface area (TPSA) is 75.7 Å². The number of hydrogen-bond donors (Lipinski definition) is 1. The summed E-state index contributed by atoms with van der Waals surface area (Å²) in [7, 11) is 0. The van der Waals surface area contributed by atoms with Gasteiger partial charge in [0.25, 0.3) is 0 Å². The van der Waals surface area contributed by atoms with Crippen molar-refractivity contribution in [1.29, 1.82) is 0 Å². The van der Waals surface area contributed by atoms with Crippen LogP contribution in [0.3, 0.4) is 0 Å². The molecule has 6 nitrogen and oxygen atoms in total. The number of likely N-dealkylation sites (tertiary alicyclic amines) is 1. The number of ether oxygens (including phenoxy) is 1. The fourth-order valence-electron chi connectivity index (χ4n) is 3.87. The molecule has 0 aromatic carbocycles. The Kier molecular flexibility index (Phi) is 4.29. The molecular formula is C16H22N2O4. The zero-order valence-corrected chi connectivity index (χ0v) is 12.8. The summed E-state index contributed by atoms with van der Waals surface area (Å²) in [4.78, 5) is 37.9. The molecule has 0 aromatic heterocycles. The Morgan fingerprint density at radius 2 is 1.91 bits per heavy atom. The van der Waals surface area contributed by atoms with Gasteiger partial charge in [0.05, 0.1) is 11.8 Å². The molecule has 0 spiro atoms. The van der Waals surface area contributed by atoms with Crippen LogP contribution in [0.15, 0.2) is 12.2 Å². The highest BCUT2D eigenvalue weighted by Crippen LogP contribution is 2.52. The maximum Gasteiger partial charge on any atom is 0.240 e. The van der Waals surface area contributed by atoms with E-state index >= 15 is 0 Å². The van der Waals surface area contributed by atoms with E-state index in [9.17, 15) is 14.4 Å². The van der Waals surface area contributed by atoms with E-state index in [-0.39, 0.29) is 47.9 Å². The number of amides is 3. The van der Waals surface area contributed by atoms with Gasteiger partial charge in [0, 0.05) is 19.8 Å². The lowest BCUT2D eigenvalue weighted by molar-refractivity contribution is -0.144. The molecule has 2 fully saturated rings. The van der Waals surface area contributed by atoms with E-state index in [0.29, 0.717) is 19.8 Å². The lowest BCUT2D eigenvalue weighted by Gasteiger charge is -2.16. The number of carbonyl (C=O) groups excluding carboxylic acids is 3. The highest BCUT2D eigenvalue weighted by atomic mass is 16.5. The number of allylic oxidation sites excluding steroid dienone is 2. The first-order valence-corrected chi connectivity index (χ1v) is 8.01. The minimum absolute atomic E-state index is 0.154. The highest BCUT2D eigenvalue weighted by molar-refractivity contribution is 6.08. The van der Waals surface area contributed by atoms with Gasteiger partial charge in [-0.25, -0.2) is 0 Å². The minimum atomic E-state index is -0.279. The number of nitrogens with zero attached hydrogens (tertiary/aromatic N) is 1. The van der Waals surface area contributed by atoms with Gasteiger partial charge in [0.2, 0.25) is 17.7 Å². The van der Waals surface area contributed by atoms with Crippen LogP contribution < -0.4 is 5.32 Å². The molecule has 1 aliphatic heterocycles. The van der Waals surface area contributed by atoms with Gasteiger partial charge in [-0.05, 0) is 31.6 Å². The SMILES string of the molecule is CCOCCCNC(=O)CN1C(=O)C2C3C=CC(C3)C2C1=O. The van der Waals surface area contributed by atoms with Gasteiger partial charge >= 0.3 is 0 Å². The average molecular weight is 306 g/mol. The van der Waals surface area contributed by atoms with Gasteiger partial charge in [-0.1, -0.05) is 12.2 Å². The van der Waals surface area contributed by atoms with Crippen molar-refractivity contribution >= 4 is 17.7 Å². The van der Waals surface area contributed by atoms with Crippen LogP contribution in [0.4, 0.5) is 0 Å². The maximum absolute atomic E-state index is 12.4. The standard InChI is InChI=1S/C16H22N2O4/c1-2-22-7-3-6-17-12(19)9-18-15(20)13-10-4-5-11(8-10)14(13)16(18)21/h4-5,10-11,13-14H,2-3,6-9H2,1H3,(H,17,19). The highest BCUT2D eigenvalue weighted by Gasteiger charge is 2.59. The molecule has 6 heteroatoms. The molecule has 3 rings (SSSR count). The molecule has 3 aliphatic rings. The first kappa shape index (κ1) is 15.2. The fourth-order valence-corrected chi connectivity index (χ4v) is 3.87. The summed E-state index contributed by atoms with van der Waals surface area (Å²) in [5.74, 6) is -0.705. The summed E-state index contributed by atoms with van der Waals surface area (Å²) in [5.41, 5.74) is 0. The molecule has 1 N–H and O–H groups in total. The second kappa shape index (κ2) is 6.20. The van der Waals surface area contributed by atoms with Crippen molar-refractivity contribution in [3.63, 3.8) is 0 Å². The second-order valence-corrected chi connectivity index (χ2v) is 6.16. The van der Waals surface area contributed by atoms with Crippen LogP contribution in [-0.4, -0.2) is 48.9 Å². The second-order valence-electron chi connectivity index (χ2n) is 6.16. The molecule has 1 saturated carbocycles. The molecule has 22 heavy (non-hydrogen) atoms. The van der Waals surface area contributed by atoms with Gasteiger partial charge in [-0.15, -0.1) is 0 Å². The van der Waals surface area contributed by atoms with Crippen LogP contribution in [-0.2, 0) is 19.1 Å². The summed E-state index contributed by atoms with van der Waals surface area (Å²) in [6.07, 6.45) is 5.73. The minimum Gasteiger partial charge on any atom is -0.382 e. The maximum atomic E-state index is 12.4. The normalized spacial score (nSPS) is 32.0. The molecule has 4 unspecified atom stereocenters. The van der Waals surface area contributed by atoms with Crippen molar-refractivity contribution in [3.8, 4) is 0 Å². The molecule has 0 aromatic rings. The van der Waals surface area contributed by atoms with Crippen LogP contribution >= 0.6 is 0 Å². The first-order chi connectivity index (χ1) is 10.6. The van der Waals surface area contributed by atoms with E-state index < -0.39 is 0 Å². The Balaban J connectivity index is 1.50. The van der Waals surface area contributed by atoms with Gasteiger partial charge in [-0.3, -0.25) is 19.3 Å². The third-order valence-corrected chi connectivity index (χ3v) is 4.86. The predicted molar refractivity (Wildman–Crippen MR) is 78.6 cm³/mol. The van der Waals surface area contributed by atoms with Crippen molar-refractivity contribution in [2.24, 2.45) is 23.7 Å². The number of hydrogen-bond acceptors (Lipinski definition) is 4. The number of carbonyl (C=O) groups is 3. The molecule has 0 radical (unpaired) electrons. The summed E-state index contributed by atoms with van der Waals surface area (Å²) in [5, 5.41) is 2.73. The van der Waals surface area contributed by atoms with Crippen molar-refractivity contribution in [1.82, 2.24) is 10.2 Å². The molecule has 4 atom stereocenters. The molecule has 2 aliphatic carbocycles. The monoisotopic (exact) mass is 306 g/mol. The van der Waals surface area contributed by atoms with E-state index in [0.717, 1.165) is 17.7 Å². The molecule has 1 heterocycles. The lowest BCUT2D eigenvalue weighted by atomic mass is 9.85.